The first-order valence-corrected chi connectivity index (χ1v) is 8.46. The zero-order chi connectivity index (χ0) is 17.8. The number of halogens is 1. The van der Waals surface area contributed by atoms with Gasteiger partial charge in [-0.1, -0.05) is 6.07 Å². The van der Waals surface area contributed by atoms with Gasteiger partial charge in [0.05, 0.1) is 6.42 Å². The van der Waals surface area contributed by atoms with E-state index in [1.165, 1.54) is 18.2 Å². The second-order valence-corrected chi connectivity index (χ2v) is 6.40. The fourth-order valence-corrected chi connectivity index (χ4v) is 3.13. The van der Waals surface area contributed by atoms with E-state index in [2.05, 4.69) is 0 Å². The molecule has 2 amide bonds. The second-order valence-electron chi connectivity index (χ2n) is 6.40. The molecule has 5 nitrogen and oxygen atoms in total. The van der Waals surface area contributed by atoms with Crippen molar-refractivity contribution in [1.82, 2.24) is 14.4 Å². The standard InChI is InChI=1S/C19H22FN3O2/c1-21-9-6-15(14-21)12-18(24)22-7-3-8-23(11-10-22)19(25)16-4-2-5-17(20)13-16/h2,4-6,9,13-14H,3,7-8,10-12H2,1H3. The maximum atomic E-state index is 13.3. The topological polar surface area (TPSA) is 45.6 Å². The molecule has 0 bridgehead atoms. The van der Waals surface area contributed by atoms with Gasteiger partial charge in [-0.3, -0.25) is 9.59 Å². The number of aromatic nitrogens is 1. The molecule has 0 N–H and O–H groups in total. The number of carbonyl (C=O) groups excluding carboxylic acids is 2. The highest BCUT2D eigenvalue weighted by molar-refractivity contribution is 5.94. The summed E-state index contributed by atoms with van der Waals surface area (Å²) in [5.41, 5.74) is 1.34. The highest BCUT2D eigenvalue weighted by Crippen LogP contribution is 2.12. The molecular weight excluding hydrogens is 321 g/mol. The summed E-state index contributed by atoms with van der Waals surface area (Å²) in [4.78, 5) is 28.5. The number of aryl methyl sites for hydroxylation is 1. The molecule has 0 atom stereocenters. The lowest BCUT2D eigenvalue weighted by Gasteiger charge is -2.22. The van der Waals surface area contributed by atoms with Crippen molar-refractivity contribution in [3.63, 3.8) is 0 Å². The van der Waals surface area contributed by atoms with Crippen molar-refractivity contribution in [2.24, 2.45) is 7.05 Å². The summed E-state index contributed by atoms with van der Waals surface area (Å²) in [6.45, 7) is 2.19. The molecule has 3 rings (SSSR count). The van der Waals surface area contributed by atoms with Crippen LogP contribution in [0.15, 0.2) is 42.7 Å². The Kier molecular flexibility index (Phi) is 5.16. The average molecular weight is 343 g/mol. The molecule has 1 aromatic heterocycles. The number of carbonyl (C=O) groups is 2. The fraction of sp³-hybridized carbons (Fsp3) is 0.368. The smallest absolute Gasteiger partial charge is 0.254 e. The number of amides is 2. The highest BCUT2D eigenvalue weighted by atomic mass is 19.1. The van der Waals surface area contributed by atoms with E-state index in [4.69, 9.17) is 0 Å². The number of nitrogens with zero attached hydrogens (tertiary/aromatic N) is 3. The van der Waals surface area contributed by atoms with Crippen LogP contribution in [0, 0.1) is 5.82 Å². The van der Waals surface area contributed by atoms with Crippen molar-refractivity contribution >= 4 is 11.8 Å². The molecule has 0 saturated carbocycles. The van der Waals surface area contributed by atoms with E-state index in [1.807, 2.05) is 35.0 Å². The minimum Gasteiger partial charge on any atom is -0.357 e. The Labute approximate surface area is 146 Å². The quantitative estimate of drug-likeness (QED) is 0.857. The molecule has 2 aromatic rings. The first-order chi connectivity index (χ1) is 12.0. The number of hydrogen-bond acceptors (Lipinski definition) is 2. The Morgan fingerprint density at radius 3 is 2.56 bits per heavy atom. The summed E-state index contributed by atoms with van der Waals surface area (Å²) in [6.07, 6.45) is 4.96. The van der Waals surface area contributed by atoms with Gasteiger partial charge >= 0.3 is 0 Å². The van der Waals surface area contributed by atoms with E-state index in [0.29, 0.717) is 38.2 Å². The Balaban J connectivity index is 1.60. The van der Waals surface area contributed by atoms with E-state index in [1.54, 1.807) is 11.0 Å². The van der Waals surface area contributed by atoms with Gasteiger partial charge in [-0.25, -0.2) is 4.39 Å². The molecule has 1 aromatic carbocycles. The maximum absolute atomic E-state index is 13.3. The van der Waals surface area contributed by atoms with Crippen LogP contribution < -0.4 is 0 Å². The number of hydrogen-bond donors (Lipinski definition) is 0. The van der Waals surface area contributed by atoms with Crippen molar-refractivity contribution in [2.45, 2.75) is 12.8 Å². The van der Waals surface area contributed by atoms with Crippen LogP contribution in [0.25, 0.3) is 0 Å². The molecule has 0 unspecified atom stereocenters. The minimum absolute atomic E-state index is 0.0752. The summed E-state index contributed by atoms with van der Waals surface area (Å²) in [6, 6.07) is 7.68. The molecule has 0 spiro atoms. The van der Waals surface area contributed by atoms with Gasteiger partial charge in [0.2, 0.25) is 5.91 Å². The molecule has 25 heavy (non-hydrogen) atoms. The number of rotatable bonds is 3. The first kappa shape index (κ1) is 17.2. The van der Waals surface area contributed by atoms with Crippen LogP contribution in [0.3, 0.4) is 0 Å². The zero-order valence-corrected chi connectivity index (χ0v) is 14.3. The molecule has 132 valence electrons. The fourth-order valence-electron chi connectivity index (χ4n) is 3.13. The normalized spacial score (nSPS) is 15.1. The molecule has 1 fully saturated rings. The van der Waals surface area contributed by atoms with Gasteiger partial charge in [0, 0.05) is 51.2 Å². The van der Waals surface area contributed by atoms with Crippen LogP contribution in [-0.2, 0) is 18.3 Å². The largest absolute Gasteiger partial charge is 0.357 e. The predicted molar refractivity (Wildman–Crippen MR) is 92.6 cm³/mol. The van der Waals surface area contributed by atoms with Gasteiger partial charge in [0.15, 0.2) is 0 Å². The third-order valence-corrected chi connectivity index (χ3v) is 4.46. The molecule has 1 saturated heterocycles. The van der Waals surface area contributed by atoms with Gasteiger partial charge < -0.3 is 14.4 Å². The Morgan fingerprint density at radius 1 is 1.08 bits per heavy atom. The zero-order valence-electron chi connectivity index (χ0n) is 14.3. The summed E-state index contributed by atoms with van der Waals surface area (Å²) in [5, 5.41) is 0. The lowest BCUT2D eigenvalue weighted by molar-refractivity contribution is -0.130. The van der Waals surface area contributed by atoms with Crippen molar-refractivity contribution in [3.05, 3.63) is 59.7 Å². The first-order valence-electron chi connectivity index (χ1n) is 8.46. The molecular formula is C19H22FN3O2. The Bertz CT molecular complexity index is 772. The molecule has 1 aliphatic rings. The van der Waals surface area contributed by atoms with E-state index < -0.39 is 5.82 Å². The van der Waals surface area contributed by atoms with Gasteiger partial charge in [-0.05, 0) is 36.2 Å². The van der Waals surface area contributed by atoms with Crippen LogP contribution in [0.1, 0.15) is 22.3 Å². The maximum Gasteiger partial charge on any atom is 0.254 e. The molecule has 6 heteroatoms. The summed E-state index contributed by atoms with van der Waals surface area (Å²) in [7, 11) is 1.93. The molecule has 0 aliphatic carbocycles. The number of benzene rings is 1. The van der Waals surface area contributed by atoms with Crippen LogP contribution in [0.5, 0.6) is 0 Å². The van der Waals surface area contributed by atoms with Gasteiger partial charge in [0.25, 0.3) is 5.91 Å². The summed E-state index contributed by atoms with van der Waals surface area (Å²) < 4.78 is 15.2. The molecule has 2 heterocycles. The lowest BCUT2D eigenvalue weighted by atomic mass is 10.2. The van der Waals surface area contributed by atoms with E-state index >= 15 is 0 Å². The molecule has 0 radical (unpaired) electrons. The van der Waals surface area contributed by atoms with E-state index in [-0.39, 0.29) is 11.8 Å². The van der Waals surface area contributed by atoms with Crippen molar-refractivity contribution < 1.29 is 14.0 Å². The molecule has 1 aliphatic heterocycles. The van der Waals surface area contributed by atoms with Gasteiger partial charge in [0.1, 0.15) is 5.82 Å². The summed E-state index contributed by atoms with van der Waals surface area (Å²) >= 11 is 0. The highest BCUT2D eigenvalue weighted by Gasteiger charge is 2.23. The lowest BCUT2D eigenvalue weighted by Crippen LogP contribution is -2.38. The van der Waals surface area contributed by atoms with Crippen LogP contribution in [-0.4, -0.2) is 52.4 Å². The van der Waals surface area contributed by atoms with Crippen LogP contribution in [0.4, 0.5) is 4.39 Å². The predicted octanol–water partition coefficient (Wildman–Crippen LogP) is 2.08. The Hall–Kier alpha value is -2.63. The van der Waals surface area contributed by atoms with Crippen LogP contribution >= 0.6 is 0 Å². The van der Waals surface area contributed by atoms with Gasteiger partial charge in [-0.2, -0.15) is 0 Å². The monoisotopic (exact) mass is 343 g/mol. The SMILES string of the molecule is Cn1ccc(CC(=O)N2CCCN(C(=O)c3cccc(F)c3)CC2)c1. The van der Waals surface area contributed by atoms with Crippen molar-refractivity contribution in [1.29, 1.82) is 0 Å². The van der Waals surface area contributed by atoms with E-state index in [0.717, 1.165) is 12.0 Å². The van der Waals surface area contributed by atoms with Crippen molar-refractivity contribution in [3.8, 4) is 0 Å². The van der Waals surface area contributed by atoms with E-state index in [9.17, 15) is 14.0 Å². The summed E-state index contributed by atoms with van der Waals surface area (Å²) in [5.74, 6) is -0.525. The van der Waals surface area contributed by atoms with Crippen LogP contribution in [0.2, 0.25) is 0 Å². The second kappa shape index (κ2) is 7.51. The van der Waals surface area contributed by atoms with Crippen molar-refractivity contribution in [2.75, 3.05) is 26.2 Å². The average Bonchev–Trinajstić information content (AvgIpc) is 2.85. The third-order valence-electron chi connectivity index (χ3n) is 4.46. The third kappa shape index (κ3) is 4.26. The Morgan fingerprint density at radius 2 is 1.84 bits per heavy atom. The minimum atomic E-state index is -0.416. The van der Waals surface area contributed by atoms with Gasteiger partial charge in [-0.15, -0.1) is 0 Å².